The molecule has 2 aromatic carbocycles. The van der Waals surface area contributed by atoms with E-state index in [1.165, 1.54) is 27.8 Å². The van der Waals surface area contributed by atoms with Crippen LogP contribution in [0.3, 0.4) is 0 Å². The molecule has 0 aromatic heterocycles. The van der Waals surface area contributed by atoms with Gasteiger partial charge < -0.3 is 9.84 Å². The number of aliphatic hydroxyl groups excluding tert-OH is 1. The average Bonchev–Trinajstić information content (AvgIpc) is 2.57. The molecule has 1 aliphatic carbocycles. The molecule has 0 bridgehead atoms. The molecule has 0 saturated heterocycles. The van der Waals surface area contributed by atoms with Gasteiger partial charge >= 0.3 is 0 Å². The van der Waals surface area contributed by atoms with Crippen molar-refractivity contribution in [2.45, 2.75) is 25.5 Å². The van der Waals surface area contributed by atoms with Crippen molar-refractivity contribution in [2.24, 2.45) is 0 Å². The number of nitrogens with zero attached hydrogens (tertiary/aromatic N) is 1. The summed E-state index contributed by atoms with van der Waals surface area (Å²) in [6, 6.07) is 11.1. The van der Waals surface area contributed by atoms with Crippen molar-refractivity contribution < 1.29 is 9.84 Å². The third-order valence-corrected chi connectivity index (χ3v) is 5.20. The number of rotatable bonds is 2. The van der Waals surface area contributed by atoms with E-state index in [0.717, 1.165) is 30.7 Å². The third-order valence-electron chi connectivity index (χ3n) is 5.20. The summed E-state index contributed by atoms with van der Waals surface area (Å²) in [5.74, 6) is 0.816. The minimum Gasteiger partial charge on any atom is -0.496 e. The fraction of sp³-hybridized carbons (Fsp3) is 0.368. The van der Waals surface area contributed by atoms with Gasteiger partial charge in [-0.1, -0.05) is 24.3 Å². The predicted molar refractivity (Wildman–Crippen MR) is 87.1 cm³/mol. The first-order valence-electron chi connectivity index (χ1n) is 7.86. The van der Waals surface area contributed by atoms with E-state index in [1.807, 2.05) is 0 Å². The number of ether oxygens (including phenoxy) is 1. The lowest BCUT2D eigenvalue weighted by atomic mass is 9.75. The molecule has 1 atom stereocenters. The standard InChI is InChI=1S/C19H21NO2/c1-20-8-7-13-10-17(22-2)15(11-21)19-14-6-4-3-5-12(14)9-16(20)18(13)19/h3-6,10,16,21H,7-9,11H2,1-2H3. The molecule has 1 aliphatic heterocycles. The van der Waals surface area contributed by atoms with Crippen molar-refractivity contribution in [2.75, 3.05) is 20.7 Å². The van der Waals surface area contributed by atoms with E-state index in [9.17, 15) is 5.11 Å². The van der Waals surface area contributed by atoms with Gasteiger partial charge in [-0.05, 0) is 53.8 Å². The Bertz CT molecular complexity index is 738. The van der Waals surface area contributed by atoms with Gasteiger partial charge in [0.25, 0.3) is 0 Å². The largest absolute Gasteiger partial charge is 0.496 e. The van der Waals surface area contributed by atoms with Gasteiger partial charge in [0.1, 0.15) is 5.75 Å². The first kappa shape index (κ1) is 13.8. The molecule has 0 fully saturated rings. The lowest BCUT2D eigenvalue weighted by Gasteiger charge is -2.40. The molecule has 0 saturated carbocycles. The lowest BCUT2D eigenvalue weighted by Crippen LogP contribution is -2.36. The highest BCUT2D eigenvalue weighted by atomic mass is 16.5. The van der Waals surface area contributed by atoms with Crippen LogP contribution in [0.25, 0.3) is 11.1 Å². The number of likely N-dealkylation sites (N-methyl/N-ethyl adjacent to an activating group) is 1. The van der Waals surface area contributed by atoms with Crippen LogP contribution in [0.5, 0.6) is 5.75 Å². The number of benzene rings is 2. The van der Waals surface area contributed by atoms with Gasteiger partial charge in [-0.3, -0.25) is 4.90 Å². The Labute approximate surface area is 131 Å². The van der Waals surface area contributed by atoms with E-state index >= 15 is 0 Å². The number of hydrogen-bond donors (Lipinski definition) is 1. The summed E-state index contributed by atoms with van der Waals surface area (Å²) in [4.78, 5) is 2.44. The summed E-state index contributed by atoms with van der Waals surface area (Å²) < 4.78 is 5.57. The summed E-state index contributed by atoms with van der Waals surface area (Å²) >= 11 is 0. The van der Waals surface area contributed by atoms with Gasteiger partial charge in [0, 0.05) is 18.2 Å². The Kier molecular flexibility index (Phi) is 3.21. The summed E-state index contributed by atoms with van der Waals surface area (Å²) in [5.41, 5.74) is 7.53. The van der Waals surface area contributed by atoms with Crippen molar-refractivity contribution in [1.82, 2.24) is 4.90 Å². The van der Waals surface area contributed by atoms with E-state index in [1.54, 1.807) is 7.11 Å². The van der Waals surface area contributed by atoms with Crippen molar-refractivity contribution in [3.63, 3.8) is 0 Å². The normalized spacial score (nSPS) is 19.5. The maximum atomic E-state index is 9.97. The molecule has 4 rings (SSSR count). The highest BCUT2D eigenvalue weighted by molar-refractivity contribution is 5.80. The lowest BCUT2D eigenvalue weighted by molar-refractivity contribution is 0.226. The molecule has 2 aliphatic rings. The number of fused-ring (bicyclic) bond motifs is 2. The van der Waals surface area contributed by atoms with Crippen LogP contribution < -0.4 is 4.74 Å². The Morgan fingerprint density at radius 3 is 2.86 bits per heavy atom. The molecule has 0 radical (unpaired) electrons. The van der Waals surface area contributed by atoms with Gasteiger partial charge in [0.15, 0.2) is 0 Å². The fourth-order valence-corrected chi connectivity index (χ4v) is 4.09. The first-order valence-corrected chi connectivity index (χ1v) is 7.86. The van der Waals surface area contributed by atoms with Gasteiger partial charge in [-0.25, -0.2) is 0 Å². The highest BCUT2D eigenvalue weighted by Gasteiger charge is 2.35. The quantitative estimate of drug-likeness (QED) is 0.924. The van der Waals surface area contributed by atoms with Crippen LogP contribution in [0.2, 0.25) is 0 Å². The summed E-state index contributed by atoms with van der Waals surface area (Å²) in [6.07, 6.45) is 2.09. The van der Waals surface area contributed by atoms with Crippen LogP contribution >= 0.6 is 0 Å². The second kappa shape index (κ2) is 5.11. The second-order valence-electron chi connectivity index (χ2n) is 6.27. The zero-order valence-electron chi connectivity index (χ0n) is 13.1. The van der Waals surface area contributed by atoms with Gasteiger partial charge in [0.05, 0.1) is 13.7 Å². The Hall–Kier alpha value is -1.84. The van der Waals surface area contributed by atoms with Crippen LogP contribution in [0.15, 0.2) is 30.3 Å². The van der Waals surface area contributed by atoms with Crippen LogP contribution in [-0.2, 0) is 19.4 Å². The van der Waals surface area contributed by atoms with Crippen LogP contribution in [0.4, 0.5) is 0 Å². The molecule has 1 unspecified atom stereocenters. The molecule has 22 heavy (non-hydrogen) atoms. The predicted octanol–water partition coefficient (Wildman–Crippen LogP) is 2.94. The first-order chi connectivity index (χ1) is 10.7. The summed E-state index contributed by atoms with van der Waals surface area (Å²) in [7, 11) is 3.89. The van der Waals surface area contributed by atoms with Gasteiger partial charge in [0.2, 0.25) is 0 Å². The molecule has 3 nitrogen and oxygen atoms in total. The average molecular weight is 295 g/mol. The summed E-state index contributed by atoms with van der Waals surface area (Å²) in [6.45, 7) is 1.08. The maximum Gasteiger partial charge on any atom is 0.125 e. The number of hydrogen-bond acceptors (Lipinski definition) is 3. The Balaban J connectivity index is 2.09. The molecular formula is C19H21NO2. The monoisotopic (exact) mass is 295 g/mol. The molecule has 2 aromatic rings. The number of methoxy groups -OCH3 is 1. The maximum absolute atomic E-state index is 9.97. The Morgan fingerprint density at radius 1 is 1.27 bits per heavy atom. The van der Waals surface area contributed by atoms with Gasteiger partial charge in [-0.15, -0.1) is 0 Å². The SMILES string of the molecule is COc1cc2c3c(c1CO)-c1ccccc1CC3N(C)CC2. The second-order valence-corrected chi connectivity index (χ2v) is 6.27. The van der Waals surface area contributed by atoms with E-state index in [0.29, 0.717) is 6.04 Å². The Morgan fingerprint density at radius 2 is 2.09 bits per heavy atom. The molecule has 0 spiro atoms. The molecule has 114 valence electrons. The van der Waals surface area contributed by atoms with E-state index in [2.05, 4.69) is 42.3 Å². The fourth-order valence-electron chi connectivity index (χ4n) is 4.09. The van der Waals surface area contributed by atoms with Crippen LogP contribution in [0.1, 0.15) is 28.3 Å². The van der Waals surface area contributed by atoms with E-state index in [-0.39, 0.29) is 6.61 Å². The topological polar surface area (TPSA) is 32.7 Å². The van der Waals surface area contributed by atoms with E-state index < -0.39 is 0 Å². The van der Waals surface area contributed by atoms with Gasteiger partial charge in [-0.2, -0.15) is 0 Å². The molecule has 0 amide bonds. The smallest absolute Gasteiger partial charge is 0.125 e. The van der Waals surface area contributed by atoms with Crippen LogP contribution in [0, 0.1) is 0 Å². The zero-order valence-corrected chi connectivity index (χ0v) is 13.1. The van der Waals surface area contributed by atoms with Crippen molar-refractivity contribution in [3.8, 4) is 16.9 Å². The van der Waals surface area contributed by atoms with Crippen LogP contribution in [-0.4, -0.2) is 30.7 Å². The number of aliphatic hydroxyl groups is 1. The minimum atomic E-state index is 0.0105. The minimum absolute atomic E-state index is 0.0105. The molecular weight excluding hydrogens is 274 g/mol. The third kappa shape index (κ3) is 1.82. The summed E-state index contributed by atoms with van der Waals surface area (Å²) in [5, 5.41) is 9.97. The van der Waals surface area contributed by atoms with Crippen molar-refractivity contribution in [3.05, 3.63) is 52.6 Å². The van der Waals surface area contributed by atoms with E-state index in [4.69, 9.17) is 4.74 Å². The molecule has 1 N–H and O–H groups in total. The zero-order chi connectivity index (χ0) is 15.3. The van der Waals surface area contributed by atoms with Crippen molar-refractivity contribution in [1.29, 1.82) is 0 Å². The highest BCUT2D eigenvalue weighted by Crippen LogP contribution is 2.48. The molecule has 1 heterocycles. The molecule has 3 heteroatoms. The van der Waals surface area contributed by atoms with Crippen molar-refractivity contribution >= 4 is 0 Å².